The molecule has 0 unspecified atom stereocenters. The Balaban J connectivity index is 2.56. The Bertz CT molecular complexity index is 248. The van der Waals surface area contributed by atoms with Crippen molar-refractivity contribution in [1.29, 1.82) is 5.41 Å². The second-order valence-electron chi connectivity index (χ2n) is 1.85. The van der Waals surface area contributed by atoms with Gasteiger partial charge in [-0.25, -0.2) is 4.98 Å². The predicted octanol–water partition coefficient (Wildman–Crippen LogP) is -0.0863. The van der Waals surface area contributed by atoms with Crippen molar-refractivity contribution in [3.8, 4) is 0 Å². The summed E-state index contributed by atoms with van der Waals surface area (Å²) in [7, 11) is 1.63. The molecule has 0 saturated heterocycles. The van der Waals surface area contributed by atoms with Crippen molar-refractivity contribution in [3.05, 3.63) is 18.7 Å². The number of nitrogens with one attached hydrogen (secondary N) is 2. The van der Waals surface area contributed by atoms with Crippen molar-refractivity contribution in [2.75, 3.05) is 7.05 Å². The Labute approximate surface area is 64.3 Å². The Morgan fingerprint density at radius 2 is 2.64 bits per heavy atom. The topological polar surface area (TPSA) is 66.1 Å². The monoisotopic (exact) mass is 151 g/mol. The molecule has 5 nitrogen and oxygen atoms in total. The van der Waals surface area contributed by atoms with Crippen molar-refractivity contribution in [2.45, 2.75) is 0 Å². The smallest absolute Gasteiger partial charge is 0.205 e. The van der Waals surface area contributed by atoms with Crippen LogP contribution in [0.5, 0.6) is 0 Å². The molecule has 1 rings (SSSR count). The van der Waals surface area contributed by atoms with Crippen LogP contribution >= 0.6 is 0 Å². The first-order valence-electron chi connectivity index (χ1n) is 3.08. The summed E-state index contributed by atoms with van der Waals surface area (Å²) in [5, 5.41) is 10.0. The van der Waals surface area contributed by atoms with Gasteiger partial charge >= 0.3 is 0 Å². The van der Waals surface area contributed by atoms with Crippen LogP contribution in [0.1, 0.15) is 0 Å². The summed E-state index contributed by atoms with van der Waals surface area (Å²) in [6.45, 7) is 0. The maximum Gasteiger partial charge on any atom is 0.205 e. The van der Waals surface area contributed by atoms with E-state index >= 15 is 0 Å². The van der Waals surface area contributed by atoms with E-state index in [0.717, 1.165) is 0 Å². The third kappa shape index (κ3) is 1.89. The first-order chi connectivity index (χ1) is 5.34. The van der Waals surface area contributed by atoms with Crippen molar-refractivity contribution >= 4 is 12.3 Å². The fourth-order valence-electron chi connectivity index (χ4n) is 0.592. The summed E-state index contributed by atoms with van der Waals surface area (Å²) in [5.41, 5.74) is 0. The van der Waals surface area contributed by atoms with E-state index in [-0.39, 0.29) is 5.96 Å². The van der Waals surface area contributed by atoms with E-state index in [1.54, 1.807) is 30.3 Å². The van der Waals surface area contributed by atoms with E-state index in [2.05, 4.69) is 15.3 Å². The highest BCUT2D eigenvalue weighted by Crippen LogP contribution is 1.81. The number of aromatic nitrogens is 2. The SMILES string of the molecule is C/N=C\NC(=N)n1ccnc1. The van der Waals surface area contributed by atoms with Gasteiger partial charge in [0.2, 0.25) is 5.96 Å². The number of aliphatic imine (C=N–C) groups is 1. The van der Waals surface area contributed by atoms with E-state index < -0.39 is 0 Å². The molecule has 0 spiro atoms. The molecule has 1 aromatic rings. The first kappa shape index (κ1) is 7.46. The molecular weight excluding hydrogens is 142 g/mol. The third-order valence-corrected chi connectivity index (χ3v) is 1.09. The fourth-order valence-corrected chi connectivity index (χ4v) is 0.592. The highest BCUT2D eigenvalue weighted by molar-refractivity contribution is 5.89. The average molecular weight is 151 g/mol. The van der Waals surface area contributed by atoms with Gasteiger partial charge in [0.1, 0.15) is 6.33 Å². The first-order valence-corrected chi connectivity index (χ1v) is 3.08. The number of hydrogen-bond donors (Lipinski definition) is 2. The average Bonchev–Trinajstić information content (AvgIpc) is 2.52. The fraction of sp³-hybridized carbons (Fsp3) is 0.167. The molecule has 0 fully saturated rings. The lowest BCUT2D eigenvalue weighted by Gasteiger charge is -2.00. The summed E-state index contributed by atoms with van der Waals surface area (Å²) < 4.78 is 1.54. The Morgan fingerprint density at radius 3 is 3.18 bits per heavy atom. The van der Waals surface area contributed by atoms with Crippen LogP contribution in [0.4, 0.5) is 0 Å². The van der Waals surface area contributed by atoms with Crippen LogP contribution in [0.25, 0.3) is 0 Å². The number of imidazole rings is 1. The highest BCUT2D eigenvalue weighted by atomic mass is 15.2. The van der Waals surface area contributed by atoms with Gasteiger partial charge in [0.05, 0.1) is 6.34 Å². The number of hydrogen-bond acceptors (Lipinski definition) is 3. The Hall–Kier alpha value is -1.65. The quantitative estimate of drug-likeness (QED) is 0.435. The highest BCUT2D eigenvalue weighted by Gasteiger charge is 1.93. The number of rotatable bonds is 1. The summed E-state index contributed by atoms with van der Waals surface area (Å²) >= 11 is 0. The van der Waals surface area contributed by atoms with Gasteiger partial charge < -0.3 is 5.32 Å². The van der Waals surface area contributed by atoms with E-state index in [1.165, 1.54) is 6.34 Å². The van der Waals surface area contributed by atoms with E-state index in [4.69, 9.17) is 5.41 Å². The standard InChI is InChI=1S/C6H9N5/c1-8-4-10-6(7)11-3-2-9-5-11/h2-5H,1H3,(H2,7,8,10). The zero-order valence-electron chi connectivity index (χ0n) is 6.15. The van der Waals surface area contributed by atoms with Crippen LogP contribution in [0.15, 0.2) is 23.7 Å². The maximum absolute atomic E-state index is 7.37. The lowest BCUT2D eigenvalue weighted by molar-refractivity contribution is 1.04. The van der Waals surface area contributed by atoms with Gasteiger partial charge in [-0.1, -0.05) is 0 Å². The number of nitrogens with zero attached hydrogens (tertiary/aromatic N) is 3. The van der Waals surface area contributed by atoms with Gasteiger partial charge in [0.15, 0.2) is 0 Å². The zero-order valence-corrected chi connectivity index (χ0v) is 6.15. The minimum Gasteiger partial charge on any atom is -0.317 e. The molecule has 58 valence electrons. The van der Waals surface area contributed by atoms with E-state index in [9.17, 15) is 0 Å². The lowest BCUT2D eigenvalue weighted by Crippen LogP contribution is -2.26. The zero-order chi connectivity index (χ0) is 8.10. The molecule has 0 saturated carbocycles. The molecule has 0 aliphatic carbocycles. The van der Waals surface area contributed by atoms with Gasteiger partial charge in [-0.05, 0) is 0 Å². The molecule has 1 aromatic heterocycles. The minimum absolute atomic E-state index is 0.230. The normalized spacial score (nSPS) is 10.3. The molecule has 0 aliphatic rings. The Morgan fingerprint density at radius 1 is 1.82 bits per heavy atom. The molecule has 2 N–H and O–H groups in total. The second-order valence-corrected chi connectivity index (χ2v) is 1.85. The van der Waals surface area contributed by atoms with Crippen LogP contribution in [0, 0.1) is 5.41 Å². The molecule has 0 bridgehead atoms. The molecule has 0 aromatic carbocycles. The maximum atomic E-state index is 7.37. The van der Waals surface area contributed by atoms with Crippen LogP contribution in [-0.2, 0) is 0 Å². The molecule has 11 heavy (non-hydrogen) atoms. The molecule has 1 heterocycles. The third-order valence-electron chi connectivity index (χ3n) is 1.09. The van der Waals surface area contributed by atoms with Crippen molar-refractivity contribution in [2.24, 2.45) is 4.99 Å². The molecule has 0 amide bonds. The van der Waals surface area contributed by atoms with Gasteiger partial charge in [-0.2, -0.15) is 0 Å². The minimum atomic E-state index is 0.230. The van der Waals surface area contributed by atoms with E-state index in [0.29, 0.717) is 0 Å². The Kier molecular flexibility index (Phi) is 2.37. The van der Waals surface area contributed by atoms with Crippen molar-refractivity contribution in [1.82, 2.24) is 14.9 Å². The van der Waals surface area contributed by atoms with Crippen LogP contribution < -0.4 is 5.32 Å². The van der Waals surface area contributed by atoms with Crippen LogP contribution in [0.2, 0.25) is 0 Å². The summed E-state index contributed by atoms with van der Waals surface area (Å²) in [6.07, 6.45) is 6.28. The summed E-state index contributed by atoms with van der Waals surface area (Å²) in [5.74, 6) is 0.230. The van der Waals surface area contributed by atoms with Gasteiger partial charge in [-0.3, -0.25) is 15.0 Å². The lowest BCUT2D eigenvalue weighted by atomic mass is 10.8. The van der Waals surface area contributed by atoms with Crippen molar-refractivity contribution in [3.63, 3.8) is 0 Å². The van der Waals surface area contributed by atoms with E-state index in [1.807, 2.05) is 0 Å². The molecule has 0 aliphatic heterocycles. The van der Waals surface area contributed by atoms with Gasteiger partial charge in [0, 0.05) is 19.4 Å². The molecular formula is C6H9N5. The van der Waals surface area contributed by atoms with Gasteiger partial charge in [-0.15, -0.1) is 0 Å². The van der Waals surface area contributed by atoms with Gasteiger partial charge in [0.25, 0.3) is 0 Å². The molecule has 0 radical (unpaired) electrons. The largest absolute Gasteiger partial charge is 0.317 e. The second kappa shape index (κ2) is 3.50. The summed E-state index contributed by atoms with van der Waals surface area (Å²) in [6, 6.07) is 0. The summed E-state index contributed by atoms with van der Waals surface area (Å²) in [4.78, 5) is 7.46. The molecule has 5 heteroatoms. The van der Waals surface area contributed by atoms with Crippen LogP contribution in [0.3, 0.4) is 0 Å². The predicted molar refractivity (Wildman–Crippen MR) is 42.9 cm³/mol. The van der Waals surface area contributed by atoms with Crippen LogP contribution in [-0.4, -0.2) is 28.9 Å². The molecule has 0 atom stereocenters. The van der Waals surface area contributed by atoms with Crippen molar-refractivity contribution < 1.29 is 0 Å².